The largest absolute Gasteiger partial charge is 0.462 e. The number of nitrogens with zero attached hydrogens (tertiary/aromatic N) is 3. The van der Waals surface area contributed by atoms with Crippen molar-refractivity contribution >= 4 is 11.9 Å². The van der Waals surface area contributed by atoms with Gasteiger partial charge >= 0.3 is 5.97 Å². The van der Waals surface area contributed by atoms with Crippen molar-refractivity contribution in [2.45, 2.75) is 70.1 Å². The maximum atomic E-state index is 13.2. The third-order valence-electron chi connectivity index (χ3n) is 7.50. The second-order valence-corrected chi connectivity index (χ2v) is 9.99. The van der Waals surface area contributed by atoms with Crippen LogP contribution in [0.25, 0.3) is 0 Å². The zero-order valence-electron chi connectivity index (χ0n) is 19.4. The molecule has 0 bridgehead atoms. The van der Waals surface area contributed by atoms with Crippen LogP contribution in [0.4, 0.5) is 0 Å². The van der Waals surface area contributed by atoms with Gasteiger partial charge < -0.3 is 19.8 Å². The normalized spacial score (nSPS) is 27.8. The molecule has 1 amide bonds. The topological polar surface area (TPSA) is 103 Å². The first-order valence-corrected chi connectivity index (χ1v) is 12.4. The van der Waals surface area contributed by atoms with Crippen molar-refractivity contribution in [2.75, 3.05) is 32.8 Å². The zero-order chi connectivity index (χ0) is 23.3. The van der Waals surface area contributed by atoms with Crippen LogP contribution in [0.15, 0.2) is 24.5 Å². The molecular formula is C25H37N3O5. The molecule has 1 aromatic heterocycles. The Morgan fingerprint density at radius 1 is 1.00 bits per heavy atom. The number of likely N-dealkylation sites (tertiary alicyclic amines) is 1. The number of rotatable bonds is 3. The van der Waals surface area contributed by atoms with Crippen LogP contribution in [-0.2, 0) is 20.9 Å². The number of hydrogen-bond acceptors (Lipinski definition) is 7. The monoisotopic (exact) mass is 459 g/mol. The molecule has 2 atom stereocenters. The molecule has 3 heterocycles. The van der Waals surface area contributed by atoms with Gasteiger partial charge in [0.1, 0.15) is 12.7 Å². The van der Waals surface area contributed by atoms with Crippen molar-refractivity contribution in [1.82, 2.24) is 14.8 Å². The molecule has 0 unspecified atom stereocenters. The Morgan fingerprint density at radius 3 is 2.42 bits per heavy atom. The van der Waals surface area contributed by atoms with Crippen molar-refractivity contribution in [3.8, 4) is 0 Å². The molecule has 8 heteroatoms. The molecule has 2 aliphatic heterocycles. The summed E-state index contributed by atoms with van der Waals surface area (Å²) < 4.78 is 5.55. The summed E-state index contributed by atoms with van der Waals surface area (Å²) in [6.45, 7) is 3.29. The highest BCUT2D eigenvalue weighted by molar-refractivity contribution is 5.81. The van der Waals surface area contributed by atoms with E-state index in [1.807, 2.05) is 17.0 Å². The molecule has 1 aromatic rings. The molecule has 33 heavy (non-hydrogen) atoms. The van der Waals surface area contributed by atoms with E-state index in [1.54, 1.807) is 12.4 Å². The Morgan fingerprint density at radius 2 is 1.73 bits per heavy atom. The second-order valence-electron chi connectivity index (χ2n) is 9.99. The Bertz CT molecular complexity index is 792. The van der Waals surface area contributed by atoms with E-state index < -0.39 is 17.6 Å². The molecule has 1 saturated carbocycles. The Kier molecular flexibility index (Phi) is 7.98. The van der Waals surface area contributed by atoms with E-state index in [2.05, 4.69) is 9.88 Å². The minimum Gasteiger partial charge on any atom is -0.462 e. The number of amides is 1. The van der Waals surface area contributed by atoms with Gasteiger partial charge in [-0.25, -0.2) is 0 Å². The first kappa shape index (κ1) is 24.1. The van der Waals surface area contributed by atoms with Gasteiger partial charge in [0.15, 0.2) is 0 Å². The average molecular weight is 460 g/mol. The lowest BCUT2D eigenvalue weighted by molar-refractivity contribution is -0.165. The lowest BCUT2D eigenvalue weighted by Crippen LogP contribution is -2.45. The fraction of sp³-hybridized carbons (Fsp3) is 0.720. The summed E-state index contributed by atoms with van der Waals surface area (Å²) in [6, 6.07) is 4.03. The molecule has 2 saturated heterocycles. The molecule has 3 fully saturated rings. The van der Waals surface area contributed by atoms with E-state index in [0.29, 0.717) is 25.9 Å². The van der Waals surface area contributed by atoms with Gasteiger partial charge in [-0.15, -0.1) is 0 Å². The molecule has 1 aliphatic carbocycles. The number of carbonyl (C=O) groups is 2. The van der Waals surface area contributed by atoms with Crippen LogP contribution < -0.4 is 0 Å². The molecular weight excluding hydrogens is 422 g/mol. The average Bonchev–Trinajstić information content (AvgIpc) is 3.68. The molecule has 182 valence electrons. The van der Waals surface area contributed by atoms with Crippen molar-refractivity contribution < 1.29 is 24.5 Å². The molecule has 1 spiro atoms. The standard InChI is InChI=1S/C25H37N3O5/c29-21-7-14-28(23(31)20-3-4-20)13-2-1-8-25(24(32)33-18-22(21)30)9-15-27(16-10-25)17-19-5-11-26-12-6-19/h5-6,11-12,20-22,29-30H,1-4,7-10,13-18H2/t21-,22+/m0/s1. The van der Waals surface area contributed by atoms with Crippen LogP contribution in [-0.4, -0.2) is 81.9 Å². The summed E-state index contributed by atoms with van der Waals surface area (Å²) in [4.78, 5) is 34.1. The summed E-state index contributed by atoms with van der Waals surface area (Å²) in [6.07, 6.45) is 7.42. The third kappa shape index (κ3) is 6.31. The fourth-order valence-electron chi connectivity index (χ4n) is 5.03. The number of esters is 1. The Labute approximate surface area is 195 Å². The summed E-state index contributed by atoms with van der Waals surface area (Å²) in [5.41, 5.74) is 0.634. The third-order valence-corrected chi connectivity index (χ3v) is 7.50. The number of carbonyl (C=O) groups excluding carboxylic acids is 2. The van der Waals surface area contributed by atoms with Crippen molar-refractivity contribution in [1.29, 1.82) is 0 Å². The van der Waals surface area contributed by atoms with E-state index >= 15 is 0 Å². The van der Waals surface area contributed by atoms with Crippen molar-refractivity contribution in [3.63, 3.8) is 0 Å². The molecule has 4 rings (SSSR count). The predicted octanol–water partition coefficient (Wildman–Crippen LogP) is 1.74. The van der Waals surface area contributed by atoms with Gasteiger partial charge in [-0.3, -0.25) is 19.5 Å². The van der Waals surface area contributed by atoms with Crippen LogP contribution in [0.2, 0.25) is 0 Å². The smallest absolute Gasteiger partial charge is 0.312 e. The summed E-state index contributed by atoms with van der Waals surface area (Å²) in [7, 11) is 0. The van der Waals surface area contributed by atoms with Gasteiger partial charge in [-0.2, -0.15) is 0 Å². The van der Waals surface area contributed by atoms with E-state index in [-0.39, 0.29) is 30.8 Å². The highest BCUT2D eigenvalue weighted by Crippen LogP contribution is 2.39. The van der Waals surface area contributed by atoms with Gasteiger partial charge in [-0.05, 0) is 75.7 Å². The number of piperidine rings is 1. The number of aromatic nitrogens is 1. The van der Waals surface area contributed by atoms with Crippen LogP contribution >= 0.6 is 0 Å². The Hall–Kier alpha value is -2.03. The minimum absolute atomic E-state index is 0.128. The molecule has 3 aliphatic rings. The van der Waals surface area contributed by atoms with Crippen LogP contribution in [0.5, 0.6) is 0 Å². The maximum absolute atomic E-state index is 13.2. The number of ether oxygens (including phenoxy) is 1. The number of cyclic esters (lactones) is 1. The number of aliphatic hydroxyl groups is 2. The predicted molar refractivity (Wildman–Crippen MR) is 122 cm³/mol. The fourth-order valence-corrected chi connectivity index (χ4v) is 5.03. The molecule has 8 nitrogen and oxygen atoms in total. The number of hydrogen-bond donors (Lipinski definition) is 2. The lowest BCUT2D eigenvalue weighted by atomic mass is 9.74. The number of pyridine rings is 1. The molecule has 2 N–H and O–H groups in total. The molecule has 0 radical (unpaired) electrons. The zero-order valence-corrected chi connectivity index (χ0v) is 19.4. The van der Waals surface area contributed by atoms with Gasteiger partial charge in [0.25, 0.3) is 0 Å². The quantitative estimate of drug-likeness (QED) is 0.664. The van der Waals surface area contributed by atoms with Gasteiger partial charge in [0, 0.05) is 37.9 Å². The summed E-state index contributed by atoms with van der Waals surface area (Å²) in [5, 5.41) is 20.7. The van der Waals surface area contributed by atoms with Gasteiger partial charge in [0.2, 0.25) is 5.91 Å². The van der Waals surface area contributed by atoms with E-state index in [4.69, 9.17) is 4.74 Å². The minimum atomic E-state index is -1.14. The van der Waals surface area contributed by atoms with E-state index in [1.165, 1.54) is 5.56 Å². The van der Waals surface area contributed by atoms with E-state index in [9.17, 15) is 19.8 Å². The summed E-state index contributed by atoms with van der Waals surface area (Å²) >= 11 is 0. The highest BCUT2D eigenvalue weighted by atomic mass is 16.5. The first-order valence-electron chi connectivity index (χ1n) is 12.4. The maximum Gasteiger partial charge on any atom is 0.312 e. The van der Waals surface area contributed by atoms with Crippen LogP contribution in [0.1, 0.15) is 56.9 Å². The summed E-state index contributed by atoms with van der Waals surface area (Å²) in [5.74, 6) is 0.0317. The number of aliphatic hydroxyl groups excluding tert-OH is 2. The van der Waals surface area contributed by atoms with Gasteiger partial charge in [-0.1, -0.05) is 6.42 Å². The van der Waals surface area contributed by atoms with Crippen molar-refractivity contribution in [2.24, 2.45) is 11.3 Å². The SMILES string of the molecule is O=C(C1CC1)N1CCCCC2(CCN(Cc3ccncc3)CC2)C(=O)OC[C@@H](O)[C@@H](O)CC1. The van der Waals surface area contributed by atoms with Crippen LogP contribution in [0, 0.1) is 11.3 Å². The molecule has 0 aromatic carbocycles. The first-order chi connectivity index (χ1) is 16.0. The van der Waals surface area contributed by atoms with E-state index in [0.717, 1.165) is 51.7 Å². The Balaban J connectivity index is 1.40. The van der Waals surface area contributed by atoms with Crippen molar-refractivity contribution in [3.05, 3.63) is 30.1 Å². The highest BCUT2D eigenvalue weighted by Gasteiger charge is 2.43. The lowest BCUT2D eigenvalue weighted by Gasteiger charge is -2.40. The van der Waals surface area contributed by atoms with Gasteiger partial charge in [0.05, 0.1) is 11.5 Å². The van der Waals surface area contributed by atoms with Crippen LogP contribution in [0.3, 0.4) is 0 Å². The second kappa shape index (κ2) is 10.9.